The fraction of sp³-hybridized carbons (Fsp3) is 0.133. The maximum absolute atomic E-state index is 12.8. The van der Waals surface area contributed by atoms with Crippen molar-refractivity contribution >= 4 is 17.4 Å². The summed E-state index contributed by atoms with van der Waals surface area (Å²) in [4.78, 5) is 0. The second kappa shape index (κ2) is 5.93. The molecule has 0 saturated carbocycles. The van der Waals surface area contributed by atoms with Crippen LogP contribution in [0.1, 0.15) is 16.7 Å². The Morgan fingerprint density at radius 1 is 1.13 bits per heavy atom. The van der Waals surface area contributed by atoms with Gasteiger partial charge in [-0.1, -0.05) is 30.0 Å². The third-order valence-electron chi connectivity index (χ3n) is 3.19. The highest BCUT2D eigenvalue weighted by Crippen LogP contribution is 2.30. The normalized spacial score (nSPS) is 11.6. The second-order valence-corrected chi connectivity index (χ2v) is 5.63. The van der Waals surface area contributed by atoms with Gasteiger partial charge in [-0.2, -0.15) is 18.4 Å². The minimum absolute atomic E-state index is 0.342. The van der Waals surface area contributed by atoms with Crippen LogP contribution in [-0.2, 0) is 11.9 Å². The highest BCUT2D eigenvalue weighted by atomic mass is 32.2. The first-order chi connectivity index (χ1) is 11.0. The maximum atomic E-state index is 12.8. The average molecular weight is 334 g/mol. The Labute approximate surface area is 133 Å². The third-order valence-corrected chi connectivity index (χ3v) is 4.18. The highest BCUT2D eigenvalue weighted by Gasteiger charge is 2.31. The van der Waals surface area contributed by atoms with Crippen LogP contribution in [0.3, 0.4) is 0 Å². The van der Waals surface area contributed by atoms with E-state index >= 15 is 0 Å². The zero-order chi connectivity index (χ0) is 16.4. The number of hydrogen-bond acceptors (Lipinski definition) is 4. The van der Waals surface area contributed by atoms with E-state index in [0.717, 1.165) is 17.8 Å². The van der Waals surface area contributed by atoms with Crippen LogP contribution in [0.5, 0.6) is 0 Å². The summed E-state index contributed by atoms with van der Waals surface area (Å²) in [6.45, 7) is 0. The summed E-state index contributed by atoms with van der Waals surface area (Å²) in [7, 11) is 0. The van der Waals surface area contributed by atoms with E-state index in [1.165, 1.54) is 22.2 Å². The number of benzene rings is 1. The molecular weight excluding hydrogens is 325 g/mol. The molecule has 0 aliphatic carbocycles. The summed E-state index contributed by atoms with van der Waals surface area (Å²) in [5.74, 6) is 0.417. The molecule has 116 valence electrons. The number of nitrogens with zero attached hydrogens (tertiary/aromatic N) is 4. The number of thioether (sulfide) groups is 1. The van der Waals surface area contributed by atoms with Gasteiger partial charge in [-0.05, 0) is 23.8 Å². The minimum atomic E-state index is -4.42. The number of halogens is 3. The molecule has 3 rings (SSSR count). The predicted octanol–water partition coefficient (Wildman–Crippen LogP) is 3.91. The number of nitriles is 1. The van der Waals surface area contributed by atoms with Crippen LogP contribution in [-0.4, -0.2) is 14.6 Å². The number of alkyl halides is 3. The SMILES string of the molecule is N#Cc1ccccc1CSc1nnc2ccc(C(F)(F)F)cn12. The lowest BCUT2D eigenvalue weighted by atomic mass is 10.1. The molecule has 2 heterocycles. The zero-order valence-corrected chi connectivity index (χ0v) is 12.4. The van der Waals surface area contributed by atoms with Gasteiger partial charge in [0, 0.05) is 11.9 Å². The van der Waals surface area contributed by atoms with Crippen LogP contribution in [0.4, 0.5) is 13.2 Å². The molecule has 0 spiro atoms. The molecule has 0 fully saturated rings. The molecule has 0 N–H and O–H groups in total. The van der Waals surface area contributed by atoms with Gasteiger partial charge in [0.15, 0.2) is 10.8 Å². The Hall–Kier alpha value is -2.53. The summed E-state index contributed by atoms with van der Waals surface area (Å²) in [6, 6.07) is 11.4. The van der Waals surface area contributed by atoms with Crippen LogP contribution in [0.15, 0.2) is 47.8 Å². The van der Waals surface area contributed by atoms with Gasteiger partial charge < -0.3 is 0 Å². The lowest BCUT2D eigenvalue weighted by Crippen LogP contribution is -2.06. The molecule has 0 radical (unpaired) electrons. The van der Waals surface area contributed by atoms with E-state index in [9.17, 15) is 13.2 Å². The molecule has 3 aromatic rings. The van der Waals surface area contributed by atoms with Crippen molar-refractivity contribution in [3.8, 4) is 6.07 Å². The topological polar surface area (TPSA) is 54.0 Å². The minimum Gasteiger partial charge on any atom is -0.277 e. The first-order valence-corrected chi connectivity index (χ1v) is 7.50. The molecule has 23 heavy (non-hydrogen) atoms. The number of fused-ring (bicyclic) bond motifs is 1. The number of hydrogen-bond donors (Lipinski definition) is 0. The average Bonchev–Trinajstić information content (AvgIpc) is 2.94. The van der Waals surface area contributed by atoms with Gasteiger partial charge in [-0.15, -0.1) is 10.2 Å². The van der Waals surface area contributed by atoms with E-state index in [1.54, 1.807) is 24.3 Å². The van der Waals surface area contributed by atoms with Crippen molar-refractivity contribution < 1.29 is 13.2 Å². The van der Waals surface area contributed by atoms with E-state index in [1.807, 2.05) is 0 Å². The Balaban J connectivity index is 1.90. The van der Waals surface area contributed by atoms with Gasteiger partial charge in [0.25, 0.3) is 0 Å². The highest BCUT2D eigenvalue weighted by molar-refractivity contribution is 7.98. The van der Waals surface area contributed by atoms with Crippen molar-refractivity contribution in [2.75, 3.05) is 0 Å². The molecule has 0 aliphatic rings. The first-order valence-electron chi connectivity index (χ1n) is 6.52. The van der Waals surface area contributed by atoms with Crippen LogP contribution in [0.25, 0.3) is 5.65 Å². The molecule has 4 nitrogen and oxygen atoms in total. The summed E-state index contributed by atoms with van der Waals surface area (Å²) < 4.78 is 39.7. The van der Waals surface area contributed by atoms with E-state index in [4.69, 9.17) is 5.26 Å². The summed E-state index contributed by atoms with van der Waals surface area (Å²) in [6.07, 6.45) is -3.44. The summed E-state index contributed by atoms with van der Waals surface area (Å²) in [5, 5.41) is 17.2. The van der Waals surface area contributed by atoms with E-state index in [0.29, 0.717) is 22.1 Å². The maximum Gasteiger partial charge on any atom is 0.417 e. The molecule has 0 saturated heterocycles. The predicted molar refractivity (Wildman–Crippen MR) is 78.7 cm³/mol. The molecule has 8 heteroatoms. The van der Waals surface area contributed by atoms with E-state index in [-0.39, 0.29) is 0 Å². The Morgan fingerprint density at radius 2 is 1.91 bits per heavy atom. The van der Waals surface area contributed by atoms with Crippen molar-refractivity contribution in [3.05, 3.63) is 59.3 Å². The summed E-state index contributed by atoms with van der Waals surface area (Å²) in [5.41, 5.74) is 0.909. The molecule has 2 aromatic heterocycles. The van der Waals surface area contributed by atoms with Crippen molar-refractivity contribution in [2.24, 2.45) is 0 Å². The second-order valence-electron chi connectivity index (χ2n) is 4.68. The lowest BCUT2D eigenvalue weighted by molar-refractivity contribution is -0.137. The van der Waals surface area contributed by atoms with Crippen molar-refractivity contribution in [3.63, 3.8) is 0 Å². The molecule has 0 bridgehead atoms. The number of aromatic nitrogens is 3. The van der Waals surface area contributed by atoms with Crippen LogP contribution < -0.4 is 0 Å². The van der Waals surface area contributed by atoms with Crippen LogP contribution in [0.2, 0.25) is 0 Å². The standard InChI is InChI=1S/C15H9F3N4S/c16-15(17,18)12-5-6-13-20-21-14(22(13)8-12)23-9-11-4-2-1-3-10(11)7-19/h1-6,8H,9H2. The Morgan fingerprint density at radius 3 is 2.65 bits per heavy atom. The third kappa shape index (κ3) is 3.14. The van der Waals surface area contributed by atoms with Crippen molar-refractivity contribution in [1.29, 1.82) is 5.26 Å². The van der Waals surface area contributed by atoms with E-state index in [2.05, 4.69) is 16.3 Å². The van der Waals surface area contributed by atoms with Crippen molar-refractivity contribution in [1.82, 2.24) is 14.6 Å². The van der Waals surface area contributed by atoms with Gasteiger partial charge in [-0.25, -0.2) is 0 Å². The molecule has 0 amide bonds. The first kappa shape index (κ1) is 15.4. The van der Waals surface area contributed by atoms with Gasteiger partial charge in [0.1, 0.15) is 0 Å². The molecule has 0 unspecified atom stereocenters. The molecule has 0 aliphatic heterocycles. The zero-order valence-electron chi connectivity index (χ0n) is 11.6. The quantitative estimate of drug-likeness (QED) is 0.682. The van der Waals surface area contributed by atoms with Gasteiger partial charge >= 0.3 is 6.18 Å². The van der Waals surface area contributed by atoms with Gasteiger partial charge in [-0.3, -0.25) is 4.40 Å². The fourth-order valence-corrected chi connectivity index (χ4v) is 2.95. The monoisotopic (exact) mass is 334 g/mol. The largest absolute Gasteiger partial charge is 0.417 e. The number of pyridine rings is 1. The van der Waals surface area contributed by atoms with Crippen LogP contribution in [0, 0.1) is 11.3 Å². The van der Waals surface area contributed by atoms with Crippen LogP contribution >= 0.6 is 11.8 Å². The Kier molecular flexibility index (Phi) is 3.96. The molecular formula is C15H9F3N4S. The smallest absolute Gasteiger partial charge is 0.277 e. The Bertz CT molecular complexity index is 896. The lowest BCUT2D eigenvalue weighted by Gasteiger charge is -2.07. The van der Waals surface area contributed by atoms with Gasteiger partial charge in [0.2, 0.25) is 0 Å². The fourth-order valence-electron chi connectivity index (χ4n) is 2.03. The number of rotatable bonds is 3. The van der Waals surface area contributed by atoms with Crippen molar-refractivity contribution in [2.45, 2.75) is 17.1 Å². The molecule has 0 atom stereocenters. The molecule has 1 aromatic carbocycles. The van der Waals surface area contributed by atoms with E-state index < -0.39 is 11.7 Å². The van der Waals surface area contributed by atoms with Gasteiger partial charge in [0.05, 0.1) is 17.2 Å². The summed E-state index contributed by atoms with van der Waals surface area (Å²) >= 11 is 1.23.